The molecule has 3 rings (SSSR count). The van der Waals surface area contributed by atoms with Crippen LogP contribution in [0.3, 0.4) is 0 Å². The van der Waals surface area contributed by atoms with Crippen LogP contribution in [0.25, 0.3) is 0 Å². The Morgan fingerprint density at radius 1 is 0.912 bits per heavy atom. The lowest BCUT2D eigenvalue weighted by Crippen LogP contribution is -2.19. The molecule has 34 heavy (non-hydrogen) atoms. The molecule has 178 valence electrons. The number of hydrogen-bond acceptors (Lipinski definition) is 7. The predicted octanol–water partition coefficient (Wildman–Crippen LogP) is 4.33. The number of aryl methyl sites for hydroxylation is 1. The van der Waals surface area contributed by atoms with Crippen molar-refractivity contribution in [1.82, 2.24) is 4.98 Å². The number of urea groups is 1. The minimum absolute atomic E-state index is 0.175. The standard InChI is InChI=1S/C23H25N5O5S/c1-14(29)24-16-6-10-20(33-3)19(12-16)27-21(30)11-7-17-13-34-23(26-17)28-22(31)25-15-4-8-18(32-2)9-5-15/h4-6,8-10,12-13H,7,11H2,1-3H3,(H,24,29)(H,27,30)(H2,25,26,28,31). The molecule has 1 aromatic heterocycles. The lowest BCUT2D eigenvalue weighted by molar-refractivity contribution is -0.116. The van der Waals surface area contributed by atoms with Crippen LogP contribution in [0.2, 0.25) is 0 Å². The van der Waals surface area contributed by atoms with Crippen molar-refractivity contribution < 1.29 is 23.9 Å². The van der Waals surface area contributed by atoms with Gasteiger partial charge in [-0.25, -0.2) is 9.78 Å². The maximum absolute atomic E-state index is 12.5. The summed E-state index contributed by atoms with van der Waals surface area (Å²) in [5.74, 6) is 0.718. The second-order valence-electron chi connectivity index (χ2n) is 7.10. The highest BCUT2D eigenvalue weighted by atomic mass is 32.1. The molecule has 0 fully saturated rings. The molecule has 0 atom stereocenters. The van der Waals surface area contributed by atoms with E-state index in [2.05, 4.69) is 26.3 Å². The Balaban J connectivity index is 1.51. The highest BCUT2D eigenvalue weighted by molar-refractivity contribution is 7.13. The molecule has 0 unspecified atom stereocenters. The molecule has 2 aromatic carbocycles. The zero-order valence-electron chi connectivity index (χ0n) is 18.9. The van der Waals surface area contributed by atoms with Gasteiger partial charge < -0.3 is 25.4 Å². The van der Waals surface area contributed by atoms with Crippen LogP contribution in [0.15, 0.2) is 47.8 Å². The first-order valence-electron chi connectivity index (χ1n) is 10.3. The van der Waals surface area contributed by atoms with E-state index >= 15 is 0 Å². The van der Waals surface area contributed by atoms with E-state index in [1.165, 1.54) is 25.4 Å². The Labute approximate surface area is 200 Å². The Morgan fingerprint density at radius 3 is 2.32 bits per heavy atom. The van der Waals surface area contributed by atoms with Crippen molar-refractivity contribution in [2.75, 3.05) is 35.5 Å². The number of rotatable bonds is 9. The minimum atomic E-state index is -0.421. The van der Waals surface area contributed by atoms with Crippen molar-refractivity contribution in [3.05, 3.63) is 53.5 Å². The molecule has 0 saturated heterocycles. The second kappa shape index (κ2) is 11.7. The number of methoxy groups -OCH3 is 2. The molecule has 10 nitrogen and oxygen atoms in total. The number of thiazole rings is 1. The number of ether oxygens (including phenoxy) is 2. The summed E-state index contributed by atoms with van der Waals surface area (Å²) < 4.78 is 10.4. The van der Waals surface area contributed by atoms with Gasteiger partial charge in [-0.15, -0.1) is 11.3 Å². The van der Waals surface area contributed by atoms with Gasteiger partial charge in [-0.3, -0.25) is 14.9 Å². The Kier molecular flexibility index (Phi) is 8.41. The fourth-order valence-corrected chi connectivity index (χ4v) is 3.69. The summed E-state index contributed by atoms with van der Waals surface area (Å²) in [4.78, 5) is 40.3. The summed E-state index contributed by atoms with van der Waals surface area (Å²) in [6, 6.07) is 11.5. The number of carbonyl (C=O) groups excluding carboxylic acids is 3. The molecular weight excluding hydrogens is 458 g/mol. The van der Waals surface area contributed by atoms with Crippen LogP contribution in [-0.2, 0) is 16.0 Å². The summed E-state index contributed by atoms with van der Waals surface area (Å²) in [5, 5.41) is 13.1. The van der Waals surface area contributed by atoms with Crippen molar-refractivity contribution >= 4 is 51.4 Å². The van der Waals surface area contributed by atoms with Crippen molar-refractivity contribution in [2.45, 2.75) is 19.8 Å². The fraction of sp³-hybridized carbons (Fsp3) is 0.217. The third-order valence-corrected chi connectivity index (χ3v) is 5.33. The monoisotopic (exact) mass is 483 g/mol. The average molecular weight is 484 g/mol. The molecule has 3 aromatic rings. The third-order valence-electron chi connectivity index (χ3n) is 4.52. The molecule has 0 spiro atoms. The summed E-state index contributed by atoms with van der Waals surface area (Å²) in [5.41, 5.74) is 2.30. The zero-order chi connectivity index (χ0) is 24.5. The molecule has 4 N–H and O–H groups in total. The molecular formula is C23H25N5O5S. The van der Waals surface area contributed by atoms with Crippen molar-refractivity contribution in [3.8, 4) is 11.5 Å². The van der Waals surface area contributed by atoms with Gasteiger partial charge >= 0.3 is 6.03 Å². The zero-order valence-corrected chi connectivity index (χ0v) is 19.7. The van der Waals surface area contributed by atoms with E-state index in [-0.39, 0.29) is 18.2 Å². The topological polar surface area (TPSA) is 131 Å². The molecule has 11 heteroatoms. The number of carbonyl (C=O) groups is 3. The highest BCUT2D eigenvalue weighted by Crippen LogP contribution is 2.28. The number of amides is 4. The van der Waals surface area contributed by atoms with Gasteiger partial charge in [0.2, 0.25) is 11.8 Å². The van der Waals surface area contributed by atoms with Crippen LogP contribution >= 0.6 is 11.3 Å². The van der Waals surface area contributed by atoms with Gasteiger partial charge in [-0.05, 0) is 48.9 Å². The number of hydrogen-bond donors (Lipinski definition) is 4. The number of benzene rings is 2. The van der Waals surface area contributed by atoms with Crippen LogP contribution in [0.4, 0.5) is 27.0 Å². The molecule has 0 aliphatic carbocycles. The van der Waals surface area contributed by atoms with E-state index < -0.39 is 6.03 Å². The van der Waals surface area contributed by atoms with Crippen molar-refractivity contribution in [1.29, 1.82) is 0 Å². The number of anilines is 4. The van der Waals surface area contributed by atoms with E-state index in [4.69, 9.17) is 9.47 Å². The highest BCUT2D eigenvalue weighted by Gasteiger charge is 2.12. The van der Waals surface area contributed by atoms with E-state index in [9.17, 15) is 14.4 Å². The maximum atomic E-state index is 12.5. The van der Waals surface area contributed by atoms with E-state index in [0.717, 1.165) is 0 Å². The average Bonchev–Trinajstić information content (AvgIpc) is 3.25. The van der Waals surface area contributed by atoms with E-state index in [1.54, 1.807) is 55.0 Å². The minimum Gasteiger partial charge on any atom is -0.497 e. The van der Waals surface area contributed by atoms with Gasteiger partial charge in [0.1, 0.15) is 11.5 Å². The van der Waals surface area contributed by atoms with Gasteiger partial charge in [0.25, 0.3) is 0 Å². The van der Waals surface area contributed by atoms with Crippen LogP contribution in [0, 0.1) is 0 Å². The van der Waals surface area contributed by atoms with Crippen LogP contribution in [0.1, 0.15) is 19.0 Å². The summed E-state index contributed by atoms with van der Waals surface area (Å²) >= 11 is 1.27. The van der Waals surface area contributed by atoms with Crippen molar-refractivity contribution in [2.24, 2.45) is 0 Å². The SMILES string of the molecule is COc1ccc(NC(=O)Nc2nc(CCC(=O)Nc3cc(NC(C)=O)ccc3OC)cs2)cc1. The van der Waals surface area contributed by atoms with E-state index in [0.29, 0.717) is 45.8 Å². The summed E-state index contributed by atoms with van der Waals surface area (Å²) in [6.07, 6.45) is 0.562. The number of nitrogens with zero attached hydrogens (tertiary/aromatic N) is 1. The lowest BCUT2D eigenvalue weighted by Gasteiger charge is -2.12. The first kappa shape index (κ1) is 24.5. The van der Waals surface area contributed by atoms with Gasteiger partial charge in [-0.1, -0.05) is 0 Å². The predicted molar refractivity (Wildman–Crippen MR) is 132 cm³/mol. The quantitative estimate of drug-likeness (QED) is 0.358. The van der Waals surface area contributed by atoms with Gasteiger partial charge in [0, 0.05) is 30.1 Å². The molecule has 1 heterocycles. The first-order valence-corrected chi connectivity index (χ1v) is 11.2. The maximum Gasteiger partial charge on any atom is 0.325 e. The third kappa shape index (κ3) is 7.20. The Hall–Kier alpha value is -4.12. The van der Waals surface area contributed by atoms with Gasteiger partial charge in [0.15, 0.2) is 5.13 Å². The molecule has 4 amide bonds. The largest absolute Gasteiger partial charge is 0.497 e. The molecule has 0 aliphatic rings. The lowest BCUT2D eigenvalue weighted by atomic mass is 10.2. The summed E-state index contributed by atoms with van der Waals surface area (Å²) in [7, 11) is 3.07. The smallest absolute Gasteiger partial charge is 0.325 e. The summed E-state index contributed by atoms with van der Waals surface area (Å²) in [6.45, 7) is 1.40. The second-order valence-corrected chi connectivity index (χ2v) is 7.95. The Morgan fingerprint density at radius 2 is 1.65 bits per heavy atom. The number of nitrogens with one attached hydrogen (secondary N) is 4. The van der Waals surface area contributed by atoms with Gasteiger partial charge in [-0.2, -0.15) is 0 Å². The van der Waals surface area contributed by atoms with Crippen LogP contribution < -0.4 is 30.7 Å². The van der Waals surface area contributed by atoms with Gasteiger partial charge in [0.05, 0.1) is 25.6 Å². The molecule has 0 radical (unpaired) electrons. The van der Waals surface area contributed by atoms with Crippen molar-refractivity contribution in [3.63, 3.8) is 0 Å². The fourth-order valence-electron chi connectivity index (χ4n) is 2.95. The van der Waals surface area contributed by atoms with E-state index in [1.807, 2.05) is 0 Å². The normalized spacial score (nSPS) is 10.2. The molecule has 0 bridgehead atoms. The first-order chi connectivity index (χ1) is 16.4. The molecule has 0 aliphatic heterocycles. The number of aromatic nitrogens is 1. The van der Waals surface area contributed by atoms with Crippen LogP contribution in [-0.4, -0.2) is 37.0 Å². The molecule has 0 saturated carbocycles. The van der Waals surface area contributed by atoms with Crippen LogP contribution in [0.5, 0.6) is 11.5 Å². The Bertz CT molecular complexity index is 1160.